The van der Waals surface area contributed by atoms with Crippen molar-refractivity contribution in [1.82, 2.24) is 9.55 Å². The highest BCUT2D eigenvalue weighted by atomic mass is 19.1. The first-order valence-electron chi connectivity index (χ1n) is 11.6. The van der Waals surface area contributed by atoms with Gasteiger partial charge in [0.25, 0.3) is 5.56 Å². The van der Waals surface area contributed by atoms with Gasteiger partial charge in [0, 0.05) is 11.3 Å². The SMILES string of the molecule is COc1ccccc1-c1nc(C)c(C(C)C)c(=O)n1C(Cc1cccc(F)c1)c1cccc(F)c1. The fourth-order valence-corrected chi connectivity index (χ4v) is 4.59. The molecule has 1 aromatic heterocycles. The van der Waals surface area contributed by atoms with Crippen LogP contribution in [0.2, 0.25) is 0 Å². The molecule has 0 amide bonds. The molecule has 1 heterocycles. The molecule has 0 N–H and O–H groups in total. The summed E-state index contributed by atoms with van der Waals surface area (Å²) >= 11 is 0. The van der Waals surface area contributed by atoms with Crippen molar-refractivity contribution in [2.45, 2.75) is 39.2 Å². The highest BCUT2D eigenvalue weighted by molar-refractivity contribution is 5.65. The molecule has 1 atom stereocenters. The number of ether oxygens (including phenoxy) is 1. The minimum atomic E-state index is -0.634. The fraction of sp³-hybridized carbons (Fsp3) is 0.241. The Morgan fingerprint density at radius 3 is 2.29 bits per heavy atom. The summed E-state index contributed by atoms with van der Waals surface area (Å²) in [6.07, 6.45) is 0.269. The minimum absolute atomic E-state index is 0.0738. The van der Waals surface area contributed by atoms with E-state index in [1.165, 1.54) is 24.3 Å². The van der Waals surface area contributed by atoms with Crippen LogP contribution in [0.5, 0.6) is 5.75 Å². The molecule has 0 bridgehead atoms. The summed E-state index contributed by atoms with van der Waals surface area (Å²) < 4.78 is 35.6. The zero-order chi connectivity index (χ0) is 25.1. The van der Waals surface area contributed by atoms with Crippen LogP contribution in [0.1, 0.15) is 48.2 Å². The minimum Gasteiger partial charge on any atom is -0.496 e. The lowest BCUT2D eigenvalue weighted by Gasteiger charge is -2.26. The van der Waals surface area contributed by atoms with Crippen molar-refractivity contribution in [2.24, 2.45) is 0 Å². The van der Waals surface area contributed by atoms with Gasteiger partial charge in [-0.15, -0.1) is 0 Å². The first-order valence-corrected chi connectivity index (χ1v) is 11.6. The molecule has 0 saturated carbocycles. The molecule has 0 saturated heterocycles. The number of aromatic nitrogens is 2. The Morgan fingerprint density at radius 2 is 1.63 bits per heavy atom. The summed E-state index contributed by atoms with van der Waals surface area (Å²) in [7, 11) is 1.56. The van der Waals surface area contributed by atoms with Crippen LogP contribution in [0.15, 0.2) is 77.6 Å². The number of rotatable bonds is 7. The summed E-state index contributed by atoms with van der Waals surface area (Å²) in [5, 5.41) is 0. The molecule has 0 fully saturated rings. The number of benzene rings is 3. The molecular formula is C29H28F2N2O2. The molecule has 35 heavy (non-hydrogen) atoms. The van der Waals surface area contributed by atoms with Crippen LogP contribution in [-0.4, -0.2) is 16.7 Å². The lowest BCUT2D eigenvalue weighted by atomic mass is 9.96. The Kier molecular flexibility index (Phi) is 7.10. The van der Waals surface area contributed by atoms with E-state index in [1.807, 2.05) is 39.0 Å². The van der Waals surface area contributed by atoms with Gasteiger partial charge in [0.2, 0.25) is 0 Å². The quantitative estimate of drug-likeness (QED) is 0.309. The summed E-state index contributed by atoms with van der Waals surface area (Å²) in [5.74, 6) is 0.120. The van der Waals surface area contributed by atoms with Gasteiger partial charge in [-0.2, -0.15) is 0 Å². The number of para-hydroxylation sites is 1. The average molecular weight is 475 g/mol. The third-order valence-corrected chi connectivity index (χ3v) is 6.13. The van der Waals surface area contributed by atoms with Crippen LogP contribution in [-0.2, 0) is 6.42 Å². The second-order valence-corrected chi connectivity index (χ2v) is 8.87. The average Bonchev–Trinajstić information content (AvgIpc) is 2.82. The number of halogens is 2. The van der Waals surface area contributed by atoms with Crippen molar-refractivity contribution >= 4 is 0 Å². The van der Waals surface area contributed by atoms with E-state index in [0.29, 0.717) is 39.5 Å². The van der Waals surface area contributed by atoms with E-state index in [9.17, 15) is 13.6 Å². The van der Waals surface area contributed by atoms with Crippen LogP contribution in [0.4, 0.5) is 8.78 Å². The summed E-state index contributed by atoms with van der Waals surface area (Å²) in [6, 6.07) is 19.1. The maximum absolute atomic E-state index is 14.4. The third kappa shape index (κ3) is 5.02. The largest absolute Gasteiger partial charge is 0.496 e. The molecule has 1 unspecified atom stereocenters. The smallest absolute Gasteiger partial charge is 0.258 e. The Balaban J connectivity index is 2.06. The van der Waals surface area contributed by atoms with Crippen LogP contribution >= 0.6 is 0 Å². The molecule has 0 spiro atoms. The molecule has 0 aliphatic carbocycles. The Hall–Kier alpha value is -3.80. The van der Waals surface area contributed by atoms with E-state index < -0.39 is 11.9 Å². The van der Waals surface area contributed by atoms with E-state index in [4.69, 9.17) is 9.72 Å². The number of aryl methyl sites for hydroxylation is 1. The zero-order valence-electron chi connectivity index (χ0n) is 20.3. The Labute approximate surface area is 203 Å². The van der Waals surface area contributed by atoms with Crippen molar-refractivity contribution in [3.8, 4) is 17.1 Å². The molecule has 4 nitrogen and oxygen atoms in total. The third-order valence-electron chi connectivity index (χ3n) is 6.13. The molecule has 4 aromatic rings. The number of nitrogens with zero attached hydrogens (tertiary/aromatic N) is 2. The maximum Gasteiger partial charge on any atom is 0.258 e. The topological polar surface area (TPSA) is 44.1 Å². The monoisotopic (exact) mass is 474 g/mol. The summed E-state index contributed by atoms with van der Waals surface area (Å²) in [6.45, 7) is 5.72. The first kappa shape index (κ1) is 24.3. The van der Waals surface area contributed by atoms with Gasteiger partial charge in [-0.05, 0) is 66.8 Å². The fourth-order valence-electron chi connectivity index (χ4n) is 4.59. The van der Waals surface area contributed by atoms with Gasteiger partial charge < -0.3 is 4.74 Å². The van der Waals surface area contributed by atoms with Gasteiger partial charge in [-0.1, -0.05) is 50.2 Å². The predicted octanol–water partition coefficient (Wildman–Crippen LogP) is 6.46. The molecule has 4 rings (SSSR count). The Bertz CT molecular complexity index is 1410. The maximum atomic E-state index is 14.4. The van der Waals surface area contributed by atoms with E-state index >= 15 is 0 Å². The second-order valence-electron chi connectivity index (χ2n) is 8.87. The van der Waals surface area contributed by atoms with Crippen LogP contribution < -0.4 is 10.3 Å². The Morgan fingerprint density at radius 1 is 0.943 bits per heavy atom. The number of hydrogen-bond donors (Lipinski definition) is 0. The molecule has 0 radical (unpaired) electrons. The van der Waals surface area contributed by atoms with Gasteiger partial charge in [-0.25, -0.2) is 13.8 Å². The van der Waals surface area contributed by atoms with Gasteiger partial charge in [-0.3, -0.25) is 9.36 Å². The molecule has 0 aliphatic heterocycles. The van der Waals surface area contributed by atoms with Crippen LogP contribution in [0, 0.1) is 18.6 Å². The van der Waals surface area contributed by atoms with Gasteiger partial charge in [0.15, 0.2) is 0 Å². The summed E-state index contributed by atoms with van der Waals surface area (Å²) in [5.41, 5.74) is 2.93. The molecule has 180 valence electrons. The zero-order valence-corrected chi connectivity index (χ0v) is 20.3. The number of hydrogen-bond acceptors (Lipinski definition) is 3. The van der Waals surface area contributed by atoms with Crippen molar-refractivity contribution in [3.05, 3.63) is 117 Å². The van der Waals surface area contributed by atoms with Gasteiger partial charge in [0.1, 0.15) is 23.2 Å². The second kappa shape index (κ2) is 10.2. The van der Waals surface area contributed by atoms with E-state index in [0.717, 1.165) is 0 Å². The normalized spacial score (nSPS) is 12.1. The lowest BCUT2D eigenvalue weighted by Crippen LogP contribution is -2.33. The molecular weight excluding hydrogens is 446 g/mol. The highest BCUT2D eigenvalue weighted by Crippen LogP contribution is 2.33. The van der Waals surface area contributed by atoms with E-state index in [2.05, 4.69) is 0 Å². The number of methoxy groups -OCH3 is 1. The van der Waals surface area contributed by atoms with E-state index in [-0.39, 0.29) is 23.7 Å². The van der Waals surface area contributed by atoms with Crippen molar-refractivity contribution in [3.63, 3.8) is 0 Å². The lowest BCUT2D eigenvalue weighted by molar-refractivity contribution is 0.415. The van der Waals surface area contributed by atoms with Crippen molar-refractivity contribution < 1.29 is 13.5 Å². The highest BCUT2D eigenvalue weighted by Gasteiger charge is 2.26. The summed E-state index contributed by atoms with van der Waals surface area (Å²) in [4.78, 5) is 19.0. The molecule has 3 aromatic carbocycles. The van der Waals surface area contributed by atoms with Crippen molar-refractivity contribution in [1.29, 1.82) is 0 Å². The van der Waals surface area contributed by atoms with Gasteiger partial charge >= 0.3 is 0 Å². The molecule has 0 aliphatic rings. The van der Waals surface area contributed by atoms with Crippen LogP contribution in [0.25, 0.3) is 11.4 Å². The standard InChI is InChI=1S/C29H28F2N2O2/c1-18(2)27-19(3)32-28(24-13-5-6-14-26(24)35-4)33(29(27)34)25(21-10-8-12-23(31)17-21)16-20-9-7-11-22(30)15-20/h5-15,17-18,25H,16H2,1-4H3. The van der Waals surface area contributed by atoms with Crippen LogP contribution in [0.3, 0.4) is 0 Å². The molecule has 6 heteroatoms. The van der Waals surface area contributed by atoms with E-state index in [1.54, 1.807) is 42.0 Å². The first-order chi connectivity index (χ1) is 16.8. The van der Waals surface area contributed by atoms with Crippen molar-refractivity contribution in [2.75, 3.05) is 7.11 Å². The predicted molar refractivity (Wildman–Crippen MR) is 134 cm³/mol. The van der Waals surface area contributed by atoms with Gasteiger partial charge in [0.05, 0.1) is 18.7 Å².